The van der Waals surface area contributed by atoms with Gasteiger partial charge >= 0.3 is 11.9 Å². The summed E-state index contributed by atoms with van der Waals surface area (Å²) >= 11 is 0. The monoisotopic (exact) mass is 278 g/mol. The van der Waals surface area contributed by atoms with Gasteiger partial charge in [0.15, 0.2) is 0 Å². The zero-order chi connectivity index (χ0) is 14.6. The molecule has 1 aromatic rings. The fourth-order valence-corrected chi connectivity index (χ4v) is 2.77. The number of carboxylic acids is 2. The van der Waals surface area contributed by atoms with Crippen molar-refractivity contribution in [3.63, 3.8) is 0 Å². The molecule has 0 amide bonds. The fourth-order valence-electron chi connectivity index (χ4n) is 2.77. The third-order valence-corrected chi connectivity index (χ3v) is 3.86. The van der Waals surface area contributed by atoms with Crippen LogP contribution in [0.5, 0.6) is 0 Å². The molecule has 2 rings (SSSR count). The summed E-state index contributed by atoms with van der Waals surface area (Å²) in [4.78, 5) is 21.8. The maximum absolute atomic E-state index is 11.1. The van der Waals surface area contributed by atoms with Crippen LogP contribution in [0.2, 0.25) is 0 Å². The zero-order valence-electron chi connectivity index (χ0n) is 11.2. The van der Waals surface area contributed by atoms with Crippen molar-refractivity contribution in [2.45, 2.75) is 31.1 Å². The van der Waals surface area contributed by atoms with Gasteiger partial charge in [-0.2, -0.15) is 0 Å². The van der Waals surface area contributed by atoms with Crippen molar-refractivity contribution < 1.29 is 24.5 Å². The molecule has 1 saturated heterocycles. The van der Waals surface area contributed by atoms with E-state index in [9.17, 15) is 9.59 Å². The third-order valence-electron chi connectivity index (χ3n) is 3.86. The molecule has 0 spiro atoms. The molecular formula is C15H18O5. The van der Waals surface area contributed by atoms with Crippen LogP contribution in [-0.2, 0) is 26.2 Å². The summed E-state index contributed by atoms with van der Waals surface area (Å²) < 4.78 is 5.33. The van der Waals surface area contributed by atoms with Gasteiger partial charge in [-0.1, -0.05) is 24.3 Å². The Balaban J connectivity index is 2.24. The Hall–Kier alpha value is -1.88. The highest BCUT2D eigenvalue weighted by Crippen LogP contribution is 2.38. The van der Waals surface area contributed by atoms with Crippen molar-refractivity contribution in [2.75, 3.05) is 13.2 Å². The Morgan fingerprint density at radius 1 is 1.05 bits per heavy atom. The van der Waals surface area contributed by atoms with Crippen LogP contribution >= 0.6 is 0 Å². The second kappa shape index (κ2) is 6.05. The molecule has 0 atom stereocenters. The van der Waals surface area contributed by atoms with E-state index in [4.69, 9.17) is 14.9 Å². The van der Waals surface area contributed by atoms with Gasteiger partial charge in [-0.05, 0) is 24.0 Å². The lowest BCUT2D eigenvalue weighted by Crippen LogP contribution is -2.36. The largest absolute Gasteiger partial charge is 0.481 e. The summed E-state index contributed by atoms with van der Waals surface area (Å²) in [5.41, 5.74) is 1.28. The number of ether oxygens (including phenoxy) is 1. The number of carbonyl (C=O) groups is 2. The summed E-state index contributed by atoms with van der Waals surface area (Å²) in [6, 6.07) is 7.24. The van der Waals surface area contributed by atoms with E-state index >= 15 is 0 Å². The van der Waals surface area contributed by atoms with Gasteiger partial charge < -0.3 is 14.9 Å². The predicted molar refractivity (Wildman–Crippen MR) is 71.8 cm³/mol. The van der Waals surface area contributed by atoms with Gasteiger partial charge in [-0.25, -0.2) is 0 Å². The van der Waals surface area contributed by atoms with E-state index in [-0.39, 0.29) is 12.8 Å². The van der Waals surface area contributed by atoms with Crippen LogP contribution in [0.3, 0.4) is 0 Å². The van der Waals surface area contributed by atoms with E-state index in [1.165, 1.54) is 0 Å². The Morgan fingerprint density at radius 3 is 2.15 bits per heavy atom. The SMILES string of the molecule is O=C(O)Cc1ccc(C2(CC(=O)O)CCOCC2)cc1. The molecule has 1 aromatic carbocycles. The first-order valence-corrected chi connectivity index (χ1v) is 6.63. The average molecular weight is 278 g/mol. The van der Waals surface area contributed by atoms with Crippen molar-refractivity contribution in [2.24, 2.45) is 0 Å². The molecule has 2 N–H and O–H groups in total. The van der Waals surface area contributed by atoms with Gasteiger partial charge in [0.2, 0.25) is 0 Å². The Labute approximate surface area is 117 Å². The maximum atomic E-state index is 11.1. The quantitative estimate of drug-likeness (QED) is 0.858. The molecular weight excluding hydrogens is 260 g/mol. The molecule has 108 valence electrons. The van der Waals surface area contributed by atoms with Crippen molar-refractivity contribution in [3.8, 4) is 0 Å². The lowest BCUT2D eigenvalue weighted by molar-refractivity contribution is -0.139. The normalized spacial score (nSPS) is 17.6. The van der Waals surface area contributed by atoms with Crippen LogP contribution < -0.4 is 0 Å². The molecule has 5 nitrogen and oxygen atoms in total. The molecule has 0 radical (unpaired) electrons. The molecule has 0 saturated carbocycles. The summed E-state index contributed by atoms with van der Waals surface area (Å²) in [6.07, 6.45) is 1.42. The van der Waals surface area contributed by atoms with E-state index < -0.39 is 17.4 Å². The second-order valence-electron chi connectivity index (χ2n) is 5.23. The standard InChI is InChI=1S/C15H18O5/c16-13(17)9-11-1-3-12(4-2-11)15(10-14(18)19)5-7-20-8-6-15/h1-4H,5-10H2,(H,16,17)(H,18,19). The van der Waals surface area contributed by atoms with Crippen LogP contribution in [-0.4, -0.2) is 35.4 Å². The summed E-state index contributed by atoms with van der Waals surface area (Å²) in [6.45, 7) is 1.12. The van der Waals surface area contributed by atoms with E-state index in [0.29, 0.717) is 26.1 Å². The van der Waals surface area contributed by atoms with Crippen molar-refractivity contribution in [3.05, 3.63) is 35.4 Å². The third kappa shape index (κ3) is 3.36. The van der Waals surface area contributed by atoms with E-state index in [0.717, 1.165) is 11.1 Å². The topological polar surface area (TPSA) is 83.8 Å². The van der Waals surface area contributed by atoms with Crippen LogP contribution in [0.15, 0.2) is 24.3 Å². The number of rotatable bonds is 5. The van der Waals surface area contributed by atoms with Crippen molar-refractivity contribution in [1.29, 1.82) is 0 Å². The van der Waals surface area contributed by atoms with E-state index in [1.54, 1.807) is 12.1 Å². The smallest absolute Gasteiger partial charge is 0.307 e. The molecule has 1 aliphatic heterocycles. The summed E-state index contributed by atoms with van der Waals surface area (Å²) in [5.74, 6) is -1.69. The Morgan fingerprint density at radius 2 is 1.65 bits per heavy atom. The van der Waals surface area contributed by atoms with Crippen LogP contribution in [0.25, 0.3) is 0 Å². The molecule has 0 bridgehead atoms. The number of carboxylic acid groups (broad SMARTS) is 2. The molecule has 1 aliphatic rings. The van der Waals surface area contributed by atoms with Gasteiger partial charge in [-0.3, -0.25) is 9.59 Å². The van der Waals surface area contributed by atoms with Gasteiger partial charge in [-0.15, -0.1) is 0 Å². The van der Waals surface area contributed by atoms with Gasteiger partial charge in [0.25, 0.3) is 0 Å². The van der Waals surface area contributed by atoms with Gasteiger partial charge in [0.1, 0.15) is 0 Å². The fraction of sp³-hybridized carbons (Fsp3) is 0.467. The number of benzene rings is 1. The van der Waals surface area contributed by atoms with Crippen LogP contribution in [0.4, 0.5) is 0 Å². The van der Waals surface area contributed by atoms with Crippen molar-refractivity contribution in [1.82, 2.24) is 0 Å². The van der Waals surface area contributed by atoms with Crippen LogP contribution in [0, 0.1) is 0 Å². The maximum Gasteiger partial charge on any atom is 0.307 e. The highest BCUT2D eigenvalue weighted by Gasteiger charge is 2.36. The number of hydrogen-bond acceptors (Lipinski definition) is 3. The molecule has 5 heteroatoms. The summed E-state index contributed by atoms with van der Waals surface area (Å²) in [7, 11) is 0. The minimum absolute atomic E-state index is 0.0185. The number of aliphatic carboxylic acids is 2. The average Bonchev–Trinajstić information content (AvgIpc) is 2.39. The van der Waals surface area contributed by atoms with E-state index in [1.807, 2.05) is 12.1 Å². The molecule has 1 fully saturated rings. The first-order chi connectivity index (χ1) is 9.52. The predicted octanol–water partition coefficient (Wildman–Crippen LogP) is 1.84. The first kappa shape index (κ1) is 14.5. The highest BCUT2D eigenvalue weighted by molar-refractivity contribution is 5.70. The minimum Gasteiger partial charge on any atom is -0.481 e. The van der Waals surface area contributed by atoms with Crippen molar-refractivity contribution >= 4 is 11.9 Å². The minimum atomic E-state index is -0.871. The molecule has 20 heavy (non-hydrogen) atoms. The van der Waals surface area contributed by atoms with Gasteiger partial charge in [0, 0.05) is 18.6 Å². The first-order valence-electron chi connectivity index (χ1n) is 6.63. The highest BCUT2D eigenvalue weighted by atomic mass is 16.5. The lowest BCUT2D eigenvalue weighted by atomic mass is 9.71. The van der Waals surface area contributed by atoms with E-state index in [2.05, 4.69) is 0 Å². The molecule has 0 aliphatic carbocycles. The lowest BCUT2D eigenvalue weighted by Gasteiger charge is -2.36. The van der Waals surface area contributed by atoms with Crippen LogP contribution in [0.1, 0.15) is 30.4 Å². The summed E-state index contributed by atoms with van der Waals surface area (Å²) in [5, 5.41) is 17.9. The van der Waals surface area contributed by atoms with Gasteiger partial charge in [0.05, 0.1) is 12.8 Å². The zero-order valence-corrected chi connectivity index (χ0v) is 11.2. The second-order valence-corrected chi connectivity index (χ2v) is 5.23. The molecule has 0 aromatic heterocycles. The Bertz CT molecular complexity index is 485. The molecule has 0 unspecified atom stereocenters. The number of hydrogen-bond donors (Lipinski definition) is 2. The Kier molecular flexibility index (Phi) is 4.39. The molecule has 1 heterocycles.